The van der Waals surface area contributed by atoms with Crippen LogP contribution in [0.4, 0.5) is 5.69 Å². The number of nitrogens with zero attached hydrogens (tertiary/aromatic N) is 1. The SMILES string of the molecule is Cc1ccccc1NC(=O)C(C)OC(=O)CCc1ccc2ccccc2n1. The predicted molar refractivity (Wildman–Crippen MR) is 105 cm³/mol. The van der Waals surface area contributed by atoms with Crippen LogP contribution in [0, 0.1) is 6.92 Å². The van der Waals surface area contributed by atoms with E-state index >= 15 is 0 Å². The molecule has 138 valence electrons. The van der Waals surface area contributed by atoms with Crippen LogP contribution in [-0.4, -0.2) is 23.0 Å². The van der Waals surface area contributed by atoms with Gasteiger partial charge in [-0.1, -0.05) is 42.5 Å². The number of carbonyl (C=O) groups excluding carboxylic acids is 2. The summed E-state index contributed by atoms with van der Waals surface area (Å²) in [4.78, 5) is 28.8. The Morgan fingerprint density at radius 2 is 1.78 bits per heavy atom. The molecule has 1 atom stereocenters. The van der Waals surface area contributed by atoms with Gasteiger partial charge in [0.25, 0.3) is 5.91 Å². The third kappa shape index (κ3) is 4.91. The Morgan fingerprint density at radius 1 is 1.04 bits per heavy atom. The van der Waals surface area contributed by atoms with Gasteiger partial charge in [0, 0.05) is 23.2 Å². The van der Waals surface area contributed by atoms with E-state index in [0.717, 1.165) is 22.2 Å². The predicted octanol–water partition coefficient (Wildman–Crippen LogP) is 4.05. The third-order valence-electron chi connectivity index (χ3n) is 4.32. The van der Waals surface area contributed by atoms with E-state index in [1.54, 1.807) is 6.92 Å². The topological polar surface area (TPSA) is 68.3 Å². The molecule has 0 bridgehead atoms. The van der Waals surface area contributed by atoms with E-state index in [1.165, 1.54) is 0 Å². The van der Waals surface area contributed by atoms with E-state index < -0.39 is 12.1 Å². The zero-order chi connectivity index (χ0) is 19.2. The minimum Gasteiger partial charge on any atom is -0.453 e. The molecule has 2 aromatic carbocycles. The van der Waals surface area contributed by atoms with Gasteiger partial charge in [0.05, 0.1) is 11.9 Å². The molecule has 1 aromatic heterocycles. The number of hydrogen-bond acceptors (Lipinski definition) is 4. The van der Waals surface area contributed by atoms with Gasteiger partial charge in [0.2, 0.25) is 0 Å². The molecule has 0 aliphatic rings. The summed E-state index contributed by atoms with van der Waals surface area (Å²) < 4.78 is 5.25. The van der Waals surface area contributed by atoms with Gasteiger partial charge >= 0.3 is 5.97 Å². The van der Waals surface area contributed by atoms with Gasteiger partial charge < -0.3 is 10.1 Å². The number of pyridine rings is 1. The third-order valence-corrected chi connectivity index (χ3v) is 4.32. The number of fused-ring (bicyclic) bond motifs is 1. The molecule has 0 saturated carbocycles. The maximum absolute atomic E-state index is 12.2. The number of carbonyl (C=O) groups is 2. The van der Waals surface area contributed by atoms with Crippen LogP contribution in [-0.2, 0) is 20.7 Å². The number of rotatable bonds is 6. The van der Waals surface area contributed by atoms with E-state index in [0.29, 0.717) is 12.1 Å². The summed E-state index contributed by atoms with van der Waals surface area (Å²) in [6.45, 7) is 3.47. The van der Waals surface area contributed by atoms with E-state index in [1.807, 2.05) is 67.6 Å². The van der Waals surface area contributed by atoms with Crippen LogP contribution >= 0.6 is 0 Å². The Kier molecular flexibility index (Phi) is 5.81. The summed E-state index contributed by atoms with van der Waals surface area (Å²) in [6, 6.07) is 19.2. The smallest absolute Gasteiger partial charge is 0.306 e. The highest BCUT2D eigenvalue weighted by Gasteiger charge is 2.18. The fourth-order valence-corrected chi connectivity index (χ4v) is 2.73. The first kappa shape index (κ1) is 18.6. The van der Waals surface area contributed by atoms with E-state index in [9.17, 15) is 9.59 Å². The standard InChI is InChI=1S/C22H22N2O3/c1-15-7-3-5-9-19(15)24-22(26)16(2)27-21(25)14-13-18-12-11-17-8-4-6-10-20(17)23-18/h3-12,16H,13-14H2,1-2H3,(H,24,26). The van der Waals surface area contributed by atoms with Crippen molar-refractivity contribution >= 4 is 28.5 Å². The molecule has 0 saturated heterocycles. The molecule has 0 fully saturated rings. The van der Waals surface area contributed by atoms with Gasteiger partial charge in [-0.15, -0.1) is 0 Å². The Bertz CT molecular complexity index is 968. The van der Waals surface area contributed by atoms with Crippen molar-refractivity contribution in [3.63, 3.8) is 0 Å². The van der Waals surface area contributed by atoms with Crippen LogP contribution < -0.4 is 5.32 Å². The number of anilines is 1. The Morgan fingerprint density at radius 3 is 2.59 bits per heavy atom. The maximum Gasteiger partial charge on any atom is 0.306 e. The van der Waals surface area contributed by atoms with E-state index in [-0.39, 0.29) is 12.3 Å². The lowest BCUT2D eigenvalue weighted by atomic mass is 10.1. The Balaban J connectivity index is 1.52. The highest BCUT2D eigenvalue weighted by molar-refractivity contribution is 5.95. The van der Waals surface area contributed by atoms with Crippen molar-refractivity contribution in [3.8, 4) is 0 Å². The van der Waals surface area contributed by atoms with Crippen LogP contribution in [0.2, 0.25) is 0 Å². The number of ether oxygens (including phenoxy) is 1. The highest BCUT2D eigenvalue weighted by atomic mass is 16.5. The summed E-state index contributed by atoms with van der Waals surface area (Å²) in [5.74, 6) is -0.765. The van der Waals surface area contributed by atoms with Crippen molar-refractivity contribution in [2.24, 2.45) is 0 Å². The first-order chi connectivity index (χ1) is 13.0. The molecule has 0 aliphatic heterocycles. The minimum atomic E-state index is -0.860. The molecular formula is C22H22N2O3. The van der Waals surface area contributed by atoms with Crippen molar-refractivity contribution in [1.29, 1.82) is 0 Å². The molecule has 0 aliphatic carbocycles. The summed E-state index contributed by atoms with van der Waals surface area (Å²) >= 11 is 0. The highest BCUT2D eigenvalue weighted by Crippen LogP contribution is 2.15. The van der Waals surface area contributed by atoms with Crippen molar-refractivity contribution in [2.75, 3.05) is 5.32 Å². The zero-order valence-corrected chi connectivity index (χ0v) is 15.4. The van der Waals surface area contributed by atoms with Gasteiger partial charge in [-0.05, 0) is 37.6 Å². The molecule has 5 nitrogen and oxygen atoms in total. The number of amides is 1. The summed E-state index contributed by atoms with van der Waals surface area (Å²) in [5.41, 5.74) is 3.38. The van der Waals surface area contributed by atoms with Crippen molar-refractivity contribution in [1.82, 2.24) is 4.98 Å². The molecular weight excluding hydrogens is 340 g/mol. The number of para-hydroxylation sites is 2. The molecule has 0 spiro atoms. The second kappa shape index (κ2) is 8.45. The number of aryl methyl sites for hydroxylation is 2. The summed E-state index contributed by atoms with van der Waals surface area (Å²) in [5, 5.41) is 3.84. The van der Waals surface area contributed by atoms with Crippen molar-refractivity contribution in [3.05, 3.63) is 71.9 Å². The quantitative estimate of drug-likeness (QED) is 0.672. The molecule has 3 rings (SSSR count). The minimum absolute atomic E-state index is 0.174. The van der Waals surface area contributed by atoms with Crippen LogP contribution in [0.3, 0.4) is 0 Å². The average molecular weight is 362 g/mol. The van der Waals surface area contributed by atoms with Crippen molar-refractivity contribution in [2.45, 2.75) is 32.8 Å². The fourth-order valence-electron chi connectivity index (χ4n) is 2.73. The van der Waals surface area contributed by atoms with Crippen molar-refractivity contribution < 1.29 is 14.3 Å². The Hall–Kier alpha value is -3.21. The molecule has 3 aromatic rings. The number of nitrogens with one attached hydrogen (secondary N) is 1. The molecule has 5 heteroatoms. The number of hydrogen-bond donors (Lipinski definition) is 1. The second-order valence-corrected chi connectivity index (χ2v) is 6.43. The Labute approximate surface area is 158 Å². The maximum atomic E-state index is 12.2. The monoisotopic (exact) mass is 362 g/mol. The van der Waals surface area contributed by atoms with Gasteiger partial charge in [-0.25, -0.2) is 0 Å². The van der Waals surface area contributed by atoms with Gasteiger partial charge in [-0.2, -0.15) is 0 Å². The van der Waals surface area contributed by atoms with Gasteiger partial charge in [-0.3, -0.25) is 14.6 Å². The van der Waals surface area contributed by atoms with E-state index in [2.05, 4.69) is 10.3 Å². The lowest BCUT2D eigenvalue weighted by Gasteiger charge is -2.14. The number of aromatic nitrogens is 1. The summed E-state index contributed by atoms with van der Waals surface area (Å²) in [6.07, 6.45) is -0.218. The van der Waals surface area contributed by atoms with Gasteiger partial charge in [0.1, 0.15) is 0 Å². The molecule has 0 radical (unpaired) electrons. The molecule has 1 N–H and O–H groups in total. The molecule has 1 unspecified atom stereocenters. The largest absolute Gasteiger partial charge is 0.453 e. The zero-order valence-electron chi connectivity index (χ0n) is 15.4. The van der Waals surface area contributed by atoms with E-state index in [4.69, 9.17) is 4.74 Å². The van der Waals surface area contributed by atoms with Crippen LogP contribution in [0.1, 0.15) is 24.6 Å². The summed E-state index contributed by atoms with van der Waals surface area (Å²) in [7, 11) is 0. The molecule has 1 amide bonds. The lowest BCUT2D eigenvalue weighted by molar-refractivity contribution is -0.153. The first-order valence-corrected chi connectivity index (χ1v) is 8.93. The lowest BCUT2D eigenvalue weighted by Crippen LogP contribution is -2.30. The average Bonchev–Trinajstić information content (AvgIpc) is 2.68. The number of benzene rings is 2. The number of esters is 1. The van der Waals surface area contributed by atoms with Crippen LogP contribution in [0.15, 0.2) is 60.7 Å². The van der Waals surface area contributed by atoms with Crippen LogP contribution in [0.25, 0.3) is 10.9 Å². The second-order valence-electron chi connectivity index (χ2n) is 6.43. The van der Waals surface area contributed by atoms with Gasteiger partial charge in [0.15, 0.2) is 6.10 Å². The molecule has 27 heavy (non-hydrogen) atoms. The first-order valence-electron chi connectivity index (χ1n) is 8.93. The molecule has 1 heterocycles. The normalized spacial score (nSPS) is 11.8. The van der Waals surface area contributed by atoms with Crippen LogP contribution in [0.5, 0.6) is 0 Å². The fraction of sp³-hybridized carbons (Fsp3) is 0.227.